The van der Waals surface area contributed by atoms with Crippen LogP contribution in [0.1, 0.15) is 33.1 Å². The van der Waals surface area contributed by atoms with E-state index < -0.39 is 0 Å². The minimum absolute atomic E-state index is 0.445. The number of piperazine rings is 1. The highest BCUT2D eigenvalue weighted by molar-refractivity contribution is 4.94. The highest BCUT2D eigenvalue weighted by atomic mass is 15.3. The lowest BCUT2D eigenvalue weighted by Gasteiger charge is -2.47. The molecule has 1 saturated carbocycles. The molecule has 0 bridgehead atoms. The summed E-state index contributed by atoms with van der Waals surface area (Å²) in [7, 11) is 4.35. The van der Waals surface area contributed by atoms with Crippen molar-refractivity contribution in [1.82, 2.24) is 15.1 Å². The second-order valence-electron chi connectivity index (χ2n) is 6.60. The Labute approximate surface area is 107 Å². The van der Waals surface area contributed by atoms with Gasteiger partial charge in [-0.3, -0.25) is 4.90 Å². The van der Waals surface area contributed by atoms with Crippen molar-refractivity contribution >= 4 is 0 Å². The third kappa shape index (κ3) is 3.01. The van der Waals surface area contributed by atoms with Crippen molar-refractivity contribution in [3.63, 3.8) is 0 Å². The van der Waals surface area contributed by atoms with E-state index >= 15 is 0 Å². The molecule has 0 spiro atoms. The molecule has 3 nitrogen and oxygen atoms in total. The molecule has 0 amide bonds. The Morgan fingerprint density at radius 1 is 1.06 bits per heavy atom. The zero-order valence-electron chi connectivity index (χ0n) is 12.0. The fourth-order valence-corrected chi connectivity index (χ4v) is 3.64. The first-order valence-corrected chi connectivity index (χ1v) is 7.13. The number of hydrogen-bond donors (Lipinski definition) is 1. The predicted octanol–water partition coefficient (Wildman–Crippen LogP) is 1.40. The molecule has 1 heterocycles. The number of rotatable bonds is 2. The molecule has 1 saturated heterocycles. The van der Waals surface area contributed by atoms with Crippen molar-refractivity contribution in [3.8, 4) is 0 Å². The van der Waals surface area contributed by atoms with Gasteiger partial charge in [0.05, 0.1) is 0 Å². The molecule has 2 aliphatic rings. The lowest BCUT2D eigenvalue weighted by Crippen LogP contribution is -2.54. The van der Waals surface area contributed by atoms with Crippen LogP contribution in [0.15, 0.2) is 0 Å². The van der Waals surface area contributed by atoms with Crippen molar-refractivity contribution in [1.29, 1.82) is 0 Å². The molecule has 2 rings (SSSR count). The van der Waals surface area contributed by atoms with Gasteiger partial charge in [-0.1, -0.05) is 13.8 Å². The summed E-state index contributed by atoms with van der Waals surface area (Å²) in [5.41, 5.74) is 0.445. The van der Waals surface area contributed by atoms with Gasteiger partial charge in [-0.25, -0.2) is 0 Å². The topological polar surface area (TPSA) is 18.5 Å². The van der Waals surface area contributed by atoms with Crippen LogP contribution in [0.25, 0.3) is 0 Å². The summed E-state index contributed by atoms with van der Waals surface area (Å²) in [6, 6.07) is 1.52. The average Bonchev–Trinajstić information content (AvgIpc) is 2.28. The maximum atomic E-state index is 3.50. The molecule has 17 heavy (non-hydrogen) atoms. The van der Waals surface area contributed by atoms with E-state index in [0.717, 1.165) is 6.04 Å². The second kappa shape index (κ2) is 5.25. The minimum Gasteiger partial charge on any atom is -0.316 e. The van der Waals surface area contributed by atoms with Crippen LogP contribution in [0.2, 0.25) is 0 Å². The molecule has 3 heteroatoms. The number of nitrogens with one attached hydrogen (secondary N) is 1. The second-order valence-corrected chi connectivity index (χ2v) is 6.60. The van der Waals surface area contributed by atoms with E-state index in [1.54, 1.807) is 0 Å². The molecule has 1 N–H and O–H groups in total. The Morgan fingerprint density at radius 2 is 1.71 bits per heavy atom. The zero-order valence-corrected chi connectivity index (χ0v) is 12.0. The van der Waals surface area contributed by atoms with Crippen molar-refractivity contribution in [2.45, 2.75) is 45.2 Å². The molecule has 0 aromatic carbocycles. The summed E-state index contributed by atoms with van der Waals surface area (Å²) in [4.78, 5) is 5.18. The van der Waals surface area contributed by atoms with Gasteiger partial charge >= 0.3 is 0 Å². The Hall–Kier alpha value is -0.120. The molecule has 1 aliphatic carbocycles. The quantitative estimate of drug-likeness (QED) is 0.786. The molecular formula is C14H29N3. The van der Waals surface area contributed by atoms with E-state index in [4.69, 9.17) is 0 Å². The minimum atomic E-state index is 0.445. The molecule has 2 fully saturated rings. The van der Waals surface area contributed by atoms with E-state index in [2.05, 4.69) is 43.1 Å². The van der Waals surface area contributed by atoms with Crippen LogP contribution in [0, 0.1) is 5.41 Å². The molecule has 0 aromatic rings. The Bertz CT molecular complexity index is 244. The number of likely N-dealkylation sites (N-methyl/N-ethyl adjacent to an activating group) is 1. The largest absolute Gasteiger partial charge is 0.316 e. The molecule has 0 radical (unpaired) electrons. The number of nitrogens with zero attached hydrogens (tertiary/aromatic N) is 2. The number of hydrogen-bond acceptors (Lipinski definition) is 3. The standard InChI is InChI=1S/C14H29N3/c1-14(2)11-12(5-6-13(14)15-3)17-9-7-16(4)8-10-17/h12-13,15H,5-11H2,1-4H3. The van der Waals surface area contributed by atoms with Crippen LogP contribution in [-0.4, -0.2) is 62.2 Å². The van der Waals surface area contributed by atoms with Crippen LogP contribution in [0.4, 0.5) is 0 Å². The maximum absolute atomic E-state index is 3.50. The van der Waals surface area contributed by atoms with E-state index in [9.17, 15) is 0 Å². The highest BCUT2D eigenvalue weighted by Gasteiger charge is 2.38. The lowest BCUT2D eigenvalue weighted by molar-refractivity contribution is 0.0405. The molecule has 100 valence electrons. The molecular weight excluding hydrogens is 210 g/mol. The van der Waals surface area contributed by atoms with Gasteiger partial charge in [-0.05, 0) is 38.8 Å². The van der Waals surface area contributed by atoms with Crippen molar-refractivity contribution in [2.24, 2.45) is 5.41 Å². The summed E-state index contributed by atoms with van der Waals surface area (Å²) in [5.74, 6) is 0. The van der Waals surface area contributed by atoms with Gasteiger partial charge in [0.1, 0.15) is 0 Å². The molecule has 2 unspecified atom stereocenters. The Morgan fingerprint density at radius 3 is 2.24 bits per heavy atom. The fourth-order valence-electron chi connectivity index (χ4n) is 3.64. The first-order chi connectivity index (χ1) is 8.03. The summed E-state index contributed by atoms with van der Waals surface area (Å²) in [6.07, 6.45) is 4.06. The van der Waals surface area contributed by atoms with E-state index in [1.165, 1.54) is 45.4 Å². The van der Waals surface area contributed by atoms with Crippen molar-refractivity contribution in [3.05, 3.63) is 0 Å². The third-order valence-corrected chi connectivity index (χ3v) is 4.90. The van der Waals surface area contributed by atoms with Crippen molar-refractivity contribution < 1.29 is 0 Å². The van der Waals surface area contributed by atoms with Gasteiger partial charge in [-0.15, -0.1) is 0 Å². The maximum Gasteiger partial charge on any atom is 0.0116 e. The van der Waals surface area contributed by atoms with Crippen molar-refractivity contribution in [2.75, 3.05) is 40.3 Å². The van der Waals surface area contributed by atoms with Crippen LogP contribution >= 0.6 is 0 Å². The predicted molar refractivity (Wildman–Crippen MR) is 73.3 cm³/mol. The smallest absolute Gasteiger partial charge is 0.0116 e. The normalized spacial score (nSPS) is 36.0. The summed E-state index contributed by atoms with van der Waals surface area (Å²) in [5, 5.41) is 3.50. The van der Waals surface area contributed by atoms with Gasteiger partial charge in [-0.2, -0.15) is 0 Å². The van der Waals surface area contributed by atoms with Crippen LogP contribution < -0.4 is 5.32 Å². The zero-order chi connectivity index (χ0) is 12.5. The van der Waals surface area contributed by atoms with Gasteiger partial charge in [0.15, 0.2) is 0 Å². The summed E-state index contributed by atoms with van der Waals surface area (Å²) >= 11 is 0. The third-order valence-electron chi connectivity index (χ3n) is 4.90. The highest BCUT2D eigenvalue weighted by Crippen LogP contribution is 2.37. The fraction of sp³-hybridized carbons (Fsp3) is 1.00. The van der Waals surface area contributed by atoms with E-state index in [0.29, 0.717) is 11.5 Å². The molecule has 2 atom stereocenters. The first kappa shape index (κ1) is 13.3. The molecule has 0 aromatic heterocycles. The summed E-state index contributed by atoms with van der Waals surface area (Å²) < 4.78 is 0. The van der Waals surface area contributed by atoms with E-state index in [-0.39, 0.29) is 0 Å². The van der Waals surface area contributed by atoms with Crippen LogP contribution in [0.5, 0.6) is 0 Å². The average molecular weight is 239 g/mol. The molecule has 1 aliphatic heterocycles. The van der Waals surface area contributed by atoms with Gasteiger partial charge < -0.3 is 10.2 Å². The van der Waals surface area contributed by atoms with Gasteiger partial charge in [0.25, 0.3) is 0 Å². The SMILES string of the molecule is CNC1CCC(N2CCN(C)CC2)CC1(C)C. The Balaban J connectivity index is 1.91. The summed E-state index contributed by atoms with van der Waals surface area (Å²) in [6.45, 7) is 9.87. The van der Waals surface area contributed by atoms with Crippen LogP contribution in [0.3, 0.4) is 0 Å². The van der Waals surface area contributed by atoms with Gasteiger partial charge in [0, 0.05) is 38.3 Å². The van der Waals surface area contributed by atoms with Gasteiger partial charge in [0.2, 0.25) is 0 Å². The van der Waals surface area contributed by atoms with E-state index in [1.807, 2.05) is 0 Å². The monoisotopic (exact) mass is 239 g/mol. The Kier molecular flexibility index (Phi) is 4.11. The first-order valence-electron chi connectivity index (χ1n) is 7.13. The lowest BCUT2D eigenvalue weighted by atomic mass is 9.71. The van der Waals surface area contributed by atoms with Crippen LogP contribution in [-0.2, 0) is 0 Å².